The van der Waals surface area contributed by atoms with Crippen LogP contribution < -0.4 is 10.1 Å². The first-order valence-electron chi connectivity index (χ1n) is 9.29. The highest BCUT2D eigenvalue weighted by molar-refractivity contribution is 5.89. The molecule has 1 aliphatic heterocycles. The topological polar surface area (TPSA) is 58.6 Å². The molecule has 2 amide bonds. The van der Waals surface area contributed by atoms with Crippen molar-refractivity contribution in [3.05, 3.63) is 65.2 Å². The van der Waals surface area contributed by atoms with Crippen LogP contribution in [0.1, 0.15) is 23.1 Å². The van der Waals surface area contributed by atoms with Gasteiger partial charge in [-0.3, -0.25) is 9.59 Å². The summed E-state index contributed by atoms with van der Waals surface area (Å²) in [5.74, 6) is 0.540. The minimum absolute atomic E-state index is 0.0429. The molecule has 2 aromatic rings. The summed E-state index contributed by atoms with van der Waals surface area (Å²) in [5.41, 5.74) is 3.33. The Morgan fingerprint density at radius 3 is 2.81 bits per heavy atom. The molecule has 1 aliphatic rings. The molecule has 0 spiro atoms. The van der Waals surface area contributed by atoms with Crippen molar-refractivity contribution in [1.82, 2.24) is 10.2 Å². The normalized spacial score (nSPS) is 16.4. The van der Waals surface area contributed by atoms with E-state index in [1.807, 2.05) is 49.4 Å². The van der Waals surface area contributed by atoms with Crippen molar-refractivity contribution in [2.45, 2.75) is 26.3 Å². The van der Waals surface area contributed by atoms with Crippen molar-refractivity contribution in [3.63, 3.8) is 0 Å². The Morgan fingerprint density at radius 2 is 2.04 bits per heavy atom. The van der Waals surface area contributed by atoms with E-state index in [2.05, 4.69) is 11.4 Å². The average molecular weight is 366 g/mol. The summed E-state index contributed by atoms with van der Waals surface area (Å²) in [5, 5.41) is 2.97. The second-order valence-corrected chi connectivity index (χ2v) is 7.02. The van der Waals surface area contributed by atoms with Gasteiger partial charge in [0.05, 0.1) is 13.0 Å². The van der Waals surface area contributed by atoms with Crippen LogP contribution in [-0.2, 0) is 22.6 Å². The number of nitrogens with zero attached hydrogens (tertiary/aromatic N) is 1. The maximum absolute atomic E-state index is 12.5. The molecule has 1 saturated heterocycles. The number of amides is 2. The number of rotatable bonds is 7. The number of para-hydroxylation sites is 1. The standard InChI is InChI=1S/C22H26N2O3/c1-16-6-5-7-17(12-16)14-24-15-19(13-21(24)25)22(26)23-11-10-18-8-3-4-9-20(18)27-2/h3-9,12,19H,10-11,13-15H2,1-2H3,(H,23,26). The van der Waals surface area contributed by atoms with E-state index in [1.165, 1.54) is 5.56 Å². The Labute approximate surface area is 160 Å². The van der Waals surface area contributed by atoms with Crippen molar-refractivity contribution in [3.8, 4) is 5.75 Å². The van der Waals surface area contributed by atoms with Gasteiger partial charge in [0.1, 0.15) is 5.75 Å². The first-order chi connectivity index (χ1) is 13.1. The lowest BCUT2D eigenvalue weighted by molar-refractivity contribution is -0.129. The van der Waals surface area contributed by atoms with Gasteiger partial charge in [-0.15, -0.1) is 0 Å². The van der Waals surface area contributed by atoms with Crippen LogP contribution in [0.4, 0.5) is 0 Å². The third kappa shape index (κ3) is 4.88. The molecule has 142 valence electrons. The van der Waals surface area contributed by atoms with Crippen LogP contribution in [0.25, 0.3) is 0 Å². The van der Waals surface area contributed by atoms with E-state index < -0.39 is 0 Å². The Morgan fingerprint density at radius 1 is 1.22 bits per heavy atom. The van der Waals surface area contributed by atoms with Crippen LogP contribution in [0.2, 0.25) is 0 Å². The van der Waals surface area contributed by atoms with Gasteiger partial charge in [-0.05, 0) is 30.5 Å². The van der Waals surface area contributed by atoms with Crippen LogP contribution in [0.15, 0.2) is 48.5 Å². The third-order valence-corrected chi connectivity index (χ3v) is 4.93. The van der Waals surface area contributed by atoms with Gasteiger partial charge in [0.15, 0.2) is 0 Å². The number of benzene rings is 2. The maximum atomic E-state index is 12.5. The lowest BCUT2D eigenvalue weighted by Gasteiger charge is -2.17. The van der Waals surface area contributed by atoms with Crippen molar-refractivity contribution in [2.24, 2.45) is 5.92 Å². The maximum Gasteiger partial charge on any atom is 0.225 e. The molecule has 1 atom stereocenters. The van der Waals surface area contributed by atoms with Crippen LogP contribution in [0.5, 0.6) is 5.75 Å². The molecule has 0 saturated carbocycles. The van der Waals surface area contributed by atoms with E-state index in [9.17, 15) is 9.59 Å². The van der Waals surface area contributed by atoms with E-state index in [-0.39, 0.29) is 24.2 Å². The highest BCUT2D eigenvalue weighted by Crippen LogP contribution is 2.21. The first-order valence-corrected chi connectivity index (χ1v) is 9.29. The molecule has 27 heavy (non-hydrogen) atoms. The van der Waals surface area contributed by atoms with Gasteiger partial charge in [-0.25, -0.2) is 0 Å². The average Bonchev–Trinajstić information content (AvgIpc) is 3.02. The first kappa shape index (κ1) is 19.0. The van der Waals surface area contributed by atoms with Gasteiger partial charge in [-0.1, -0.05) is 48.0 Å². The molecule has 1 heterocycles. The predicted octanol–water partition coefficient (Wildman–Crippen LogP) is 2.71. The lowest BCUT2D eigenvalue weighted by Crippen LogP contribution is -2.34. The summed E-state index contributed by atoms with van der Waals surface area (Å²) in [6, 6.07) is 15.9. The highest BCUT2D eigenvalue weighted by atomic mass is 16.5. The predicted molar refractivity (Wildman–Crippen MR) is 104 cm³/mol. The number of carbonyl (C=O) groups excluding carboxylic acids is 2. The van der Waals surface area contributed by atoms with E-state index in [1.54, 1.807) is 12.0 Å². The second kappa shape index (κ2) is 8.71. The van der Waals surface area contributed by atoms with Gasteiger partial charge in [-0.2, -0.15) is 0 Å². The van der Waals surface area contributed by atoms with Crippen LogP contribution >= 0.6 is 0 Å². The van der Waals surface area contributed by atoms with Crippen LogP contribution in [0.3, 0.4) is 0 Å². The van der Waals surface area contributed by atoms with Gasteiger partial charge in [0.2, 0.25) is 11.8 Å². The van der Waals surface area contributed by atoms with E-state index >= 15 is 0 Å². The molecular formula is C22H26N2O3. The highest BCUT2D eigenvalue weighted by Gasteiger charge is 2.34. The van der Waals surface area contributed by atoms with Gasteiger partial charge in [0, 0.05) is 26.1 Å². The van der Waals surface area contributed by atoms with Gasteiger partial charge >= 0.3 is 0 Å². The second-order valence-electron chi connectivity index (χ2n) is 7.02. The molecular weight excluding hydrogens is 340 g/mol. The Hall–Kier alpha value is -2.82. The molecule has 0 bridgehead atoms. The molecule has 5 nitrogen and oxygen atoms in total. The number of methoxy groups -OCH3 is 1. The molecule has 0 aliphatic carbocycles. The number of hydrogen-bond acceptors (Lipinski definition) is 3. The molecule has 1 fully saturated rings. The molecule has 0 aromatic heterocycles. The fourth-order valence-electron chi connectivity index (χ4n) is 3.51. The summed E-state index contributed by atoms with van der Waals surface area (Å²) in [6.07, 6.45) is 0.982. The quantitative estimate of drug-likeness (QED) is 0.820. The number of carbonyl (C=O) groups is 2. The summed E-state index contributed by atoms with van der Waals surface area (Å²) in [4.78, 5) is 26.5. The minimum Gasteiger partial charge on any atom is -0.496 e. The van der Waals surface area contributed by atoms with Crippen molar-refractivity contribution >= 4 is 11.8 Å². The van der Waals surface area contributed by atoms with E-state index in [4.69, 9.17) is 4.74 Å². The van der Waals surface area contributed by atoms with E-state index in [0.717, 1.165) is 16.9 Å². The Balaban J connectivity index is 1.50. The van der Waals surface area contributed by atoms with E-state index in [0.29, 0.717) is 26.1 Å². The molecule has 1 N–H and O–H groups in total. The number of nitrogens with one attached hydrogen (secondary N) is 1. The minimum atomic E-state index is -0.278. The SMILES string of the molecule is COc1ccccc1CCNC(=O)C1CC(=O)N(Cc2cccc(C)c2)C1. The third-order valence-electron chi connectivity index (χ3n) is 4.93. The van der Waals surface area contributed by atoms with Crippen molar-refractivity contribution < 1.29 is 14.3 Å². The summed E-state index contributed by atoms with van der Waals surface area (Å²) >= 11 is 0. The largest absolute Gasteiger partial charge is 0.496 e. The molecule has 0 radical (unpaired) electrons. The van der Waals surface area contributed by atoms with Crippen molar-refractivity contribution in [2.75, 3.05) is 20.2 Å². The zero-order valence-electron chi connectivity index (χ0n) is 15.9. The van der Waals surface area contributed by atoms with Crippen molar-refractivity contribution in [1.29, 1.82) is 0 Å². The lowest BCUT2D eigenvalue weighted by atomic mass is 10.1. The Kier molecular flexibility index (Phi) is 6.12. The smallest absolute Gasteiger partial charge is 0.225 e. The van der Waals surface area contributed by atoms with Gasteiger partial charge < -0.3 is 15.0 Å². The monoisotopic (exact) mass is 366 g/mol. The Bertz CT molecular complexity index is 819. The van der Waals surface area contributed by atoms with Crippen LogP contribution in [0, 0.1) is 12.8 Å². The number of ether oxygens (including phenoxy) is 1. The van der Waals surface area contributed by atoms with Gasteiger partial charge in [0.25, 0.3) is 0 Å². The number of likely N-dealkylation sites (tertiary alicyclic amines) is 1. The number of aryl methyl sites for hydroxylation is 1. The summed E-state index contributed by atoms with van der Waals surface area (Å²) in [7, 11) is 1.64. The zero-order chi connectivity index (χ0) is 19.2. The fourth-order valence-corrected chi connectivity index (χ4v) is 3.51. The fraction of sp³-hybridized carbons (Fsp3) is 0.364. The van der Waals surface area contributed by atoms with Crippen LogP contribution in [-0.4, -0.2) is 36.9 Å². The summed E-state index contributed by atoms with van der Waals surface area (Å²) < 4.78 is 5.33. The molecule has 1 unspecified atom stereocenters. The molecule has 2 aromatic carbocycles. The molecule has 5 heteroatoms. The molecule has 3 rings (SSSR count). The zero-order valence-corrected chi connectivity index (χ0v) is 15.9. The summed E-state index contributed by atoms with van der Waals surface area (Å²) in [6.45, 7) is 3.60. The number of hydrogen-bond donors (Lipinski definition) is 1.